The van der Waals surface area contributed by atoms with E-state index in [2.05, 4.69) is 21.7 Å². The van der Waals surface area contributed by atoms with Gasteiger partial charge >= 0.3 is 5.97 Å². The highest BCUT2D eigenvalue weighted by molar-refractivity contribution is 5.85. The summed E-state index contributed by atoms with van der Waals surface area (Å²) in [6, 6.07) is 10.8. The van der Waals surface area contributed by atoms with Crippen molar-refractivity contribution in [3.8, 4) is 6.07 Å². The third-order valence-electron chi connectivity index (χ3n) is 3.26. The van der Waals surface area contributed by atoms with Crippen LogP contribution in [0.15, 0.2) is 36.4 Å². The van der Waals surface area contributed by atoms with E-state index in [1.165, 1.54) is 6.08 Å². The predicted octanol–water partition coefficient (Wildman–Crippen LogP) is 3.59. The van der Waals surface area contributed by atoms with Crippen LogP contribution in [-0.2, 0) is 4.79 Å². The van der Waals surface area contributed by atoms with Gasteiger partial charge in [0, 0.05) is 23.4 Å². The molecule has 134 valence electrons. The molecule has 0 spiro atoms. The number of nitrogens with two attached hydrogens (primary N) is 1. The molecule has 1 aromatic carbocycles. The largest absolute Gasteiger partial charge is 0.478 e. The maximum atomic E-state index is 10.5. The van der Waals surface area contributed by atoms with Crippen molar-refractivity contribution in [2.45, 2.75) is 26.3 Å². The van der Waals surface area contributed by atoms with Crippen LogP contribution in [0.3, 0.4) is 0 Å². The van der Waals surface area contributed by atoms with E-state index in [4.69, 9.17) is 10.8 Å². The number of rotatable bonds is 5. The number of hydrogen-bond donors (Lipinski definition) is 4. The lowest BCUT2D eigenvalue weighted by Gasteiger charge is -2.23. The van der Waals surface area contributed by atoms with Crippen LogP contribution in [0.25, 0.3) is 6.08 Å². The van der Waals surface area contributed by atoms with Crippen molar-refractivity contribution in [1.29, 1.82) is 5.26 Å². The summed E-state index contributed by atoms with van der Waals surface area (Å²) in [5, 5.41) is 24.3. The molecule has 7 nitrogen and oxygen atoms in total. The normalized spacial score (nSPS) is 11.2. The molecule has 0 aliphatic heterocycles. The first-order chi connectivity index (χ1) is 12.2. The zero-order valence-electron chi connectivity index (χ0n) is 14.9. The second-order valence-corrected chi connectivity index (χ2v) is 6.73. The summed E-state index contributed by atoms with van der Waals surface area (Å²) in [5.74, 6) is -0.0751. The second kappa shape index (κ2) is 7.57. The number of hydrogen-bond acceptors (Lipinski definition) is 6. The van der Waals surface area contributed by atoms with Gasteiger partial charge in [0.2, 0.25) is 0 Å². The third kappa shape index (κ3) is 5.24. The monoisotopic (exact) mass is 351 g/mol. The number of nitrogen functional groups attached to an aromatic ring is 1. The maximum absolute atomic E-state index is 10.5. The molecule has 5 N–H and O–H groups in total. The molecule has 1 heterocycles. The van der Waals surface area contributed by atoms with Crippen molar-refractivity contribution >= 4 is 35.1 Å². The summed E-state index contributed by atoms with van der Waals surface area (Å²) < 4.78 is 0. The molecular weight excluding hydrogens is 330 g/mol. The molecule has 0 aliphatic carbocycles. The van der Waals surface area contributed by atoms with E-state index in [0.29, 0.717) is 22.9 Å². The number of pyridine rings is 1. The number of carbonyl (C=O) groups is 1. The van der Waals surface area contributed by atoms with Gasteiger partial charge in [0.05, 0.1) is 5.69 Å². The Bertz CT molecular complexity index is 875. The average Bonchev–Trinajstić information content (AvgIpc) is 2.52. The molecule has 1 aromatic heterocycles. The van der Waals surface area contributed by atoms with Crippen molar-refractivity contribution in [2.24, 2.45) is 0 Å². The van der Waals surface area contributed by atoms with Gasteiger partial charge in [0.1, 0.15) is 23.3 Å². The molecule has 0 fully saturated rings. The number of carboxylic acids is 1. The standard InChI is InChI=1S/C19H21N5O2/c1-19(2,3)24-18-14(11-20)15(21)10-16(23-18)22-13-7-4-12(5-8-13)6-9-17(25)26/h4-10H,1-3H3,(H,25,26)(H4,21,22,23,24)/b9-6+. The number of carboxylic acid groups (broad SMARTS) is 1. The van der Waals surface area contributed by atoms with Gasteiger partial charge in [0.15, 0.2) is 0 Å². The van der Waals surface area contributed by atoms with Gasteiger partial charge in [-0.3, -0.25) is 0 Å². The SMILES string of the molecule is CC(C)(C)Nc1nc(Nc2ccc(/C=C/C(=O)O)cc2)cc(N)c1C#N. The van der Waals surface area contributed by atoms with Crippen LogP contribution in [0, 0.1) is 11.3 Å². The molecule has 0 unspecified atom stereocenters. The van der Waals surface area contributed by atoms with Crippen LogP contribution in [0.2, 0.25) is 0 Å². The lowest BCUT2D eigenvalue weighted by Crippen LogP contribution is -2.27. The number of benzene rings is 1. The van der Waals surface area contributed by atoms with Crippen LogP contribution >= 0.6 is 0 Å². The Morgan fingerprint density at radius 2 is 1.96 bits per heavy atom. The highest BCUT2D eigenvalue weighted by Gasteiger charge is 2.16. The Kier molecular flexibility index (Phi) is 5.48. The van der Waals surface area contributed by atoms with Gasteiger partial charge in [-0.2, -0.15) is 5.26 Å². The zero-order valence-corrected chi connectivity index (χ0v) is 14.9. The van der Waals surface area contributed by atoms with E-state index in [9.17, 15) is 10.1 Å². The lowest BCUT2D eigenvalue weighted by atomic mass is 10.1. The number of nitrogens with zero attached hydrogens (tertiary/aromatic N) is 2. The number of nitrogens with one attached hydrogen (secondary N) is 2. The topological polar surface area (TPSA) is 124 Å². The fourth-order valence-corrected chi connectivity index (χ4v) is 2.18. The highest BCUT2D eigenvalue weighted by atomic mass is 16.4. The quantitative estimate of drug-likeness (QED) is 0.607. The molecule has 0 amide bonds. The van der Waals surface area contributed by atoms with E-state index in [1.807, 2.05) is 20.8 Å². The minimum Gasteiger partial charge on any atom is -0.478 e. The summed E-state index contributed by atoms with van der Waals surface area (Å²) in [7, 11) is 0. The third-order valence-corrected chi connectivity index (χ3v) is 3.26. The molecule has 26 heavy (non-hydrogen) atoms. The zero-order chi connectivity index (χ0) is 19.3. The van der Waals surface area contributed by atoms with E-state index >= 15 is 0 Å². The van der Waals surface area contributed by atoms with E-state index in [-0.39, 0.29) is 5.54 Å². The Morgan fingerprint density at radius 1 is 1.31 bits per heavy atom. The first-order valence-corrected chi connectivity index (χ1v) is 7.95. The summed E-state index contributed by atoms with van der Waals surface area (Å²) in [5.41, 5.74) is 7.87. The molecule has 0 radical (unpaired) electrons. The van der Waals surface area contributed by atoms with Crippen molar-refractivity contribution < 1.29 is 9.90 Å². The van der Waals surface area contributed by atoms with Crippen LogP contribution in [-0.4, -0.2) is 21.6 Å². The minimum absolute atomic E-state index is 0.276. The fraction of sp³-hybridized carbons (Fsp3) is 0.211. The summed E-state index contributed by atoms with van der Waals surface area (Å²) in [6.07, 6.45) is 2.59. The molecule has 0 saturated carbocycles. The molecule has 2 rings (SSSR count). The lowest BCUT2D eigenvalue weighted by molar-refractivity contribution is -0.131. The molecule has 2 aromatic rings. The van der Waals surface area contributed by atoms with Gasteiger partial charge in [-0.25, -0.2) is 9.78 Å². The van der Waals surface area contributed by atoms with Crippen molar-refractivity contribution in [3.63, 3.8) is 0 Å². The average molecular weight is 351 g/mol. The van der Waals surface area contributed by atoms with Crippen molar-refractivity contribution in [1.82, 2.24) is 4.98 Å². The van der Waals surface area contributed by atoms with Crippen LogP contribution in [0.1, 0.15) is 31.9 Å². The fourth-order valence-electron chi connectivity index (χ4n) is 2.18. The second-order valence-electron chi connectivity index (χ2n) is 6.73. The molecule has 0 saturated heterocycles. The number of aliphatic carboxylic acids is 1. The van der Waals surface area contributed by atoms with Gasteiger partial charge in [-0.05, 0) is 44.5 Å². The number of aromatic nitrogens is 1. The van der Waals surface area contributed by atoms with Gasteiger partial charge in [-0.1, -0.05) is 12.1 Å². The van der Waals surface area contributed by atoms with Gasteiger partial charge in [-0.15, -0.1) is 0 Å². The Morgan fingerprint density at radius 3 is 2.50 bits per heavy atom. The van der Waals surface area contributed by atoms with Gasteiger partial charge in [0.25, 0.3) is 0 Å². The summed E-state index contributed by atoms with van der Waals surface area (Å²) in [4.78, 5) is 15.0. The smallest absolute Gasteiger partial charge is 0.328 e. The van der Waals surface area contributed by atoms with Gasteiger partial charge < -0.3 is 21.5 Å². The predicted molar refractivity (Wildman–Crippen MR) is 103 cm³/mol. The Hall–Kier alpha value is -3.53. The maximum Gasteiger partial charge on any atom is 0.328 e. The van der Waals surface area contributed by atoms with Crippen LogP contribution in [0.4, 0.5) is 23.0 Å². The molecular formula is C19H21N5O2. The van der Waals surface area contributed by atoms with Crippen molar-refractivity contribution in [3.05, 3.63) is 47.5 Å². The molecule has 0 aliphatic rings. The Balaban J connectivity index is 2.26. The summed E-state index contributed by atoms with van der Waals surface area (Å²) in [6.45, 7) is 5.90. The summed E-state index contributed by atoms with van der Waals surface area (Å²) >= 11 is 0. The van der Waals surface area contributed by atoms with Crippen LogP contribution < -0.4 is 16.4 Å². The van der Waals surface area contributed by atoms with E-state index in [0.717, 1.165) is 17.3 Å². The molecule has 0 bridgehead atoms. The first-order valence-electron chi connectivity index (χ1n) is 7.95. The Labute approximate surface area is 152 Å². The molecule has 0 atom stereocenters. The van der Waals surface area contributed by atoms with Crippen molar-refractivity contribution in [2.75, 3.05) is 16.4 Å². The van der Waals surface area contributed by atoms with E-state index in [1.54, 1.807) is 30.3 Å². The molecule has 7 heteroatoms. The minimum atomic E-state index is -0.997. The highest BCUT2D eigenvalue weighted by Crippen LogP contribution is 2.27. The van der Waals surface area contributed by atoms with E-state index < -0.39 is 5.97 Å². The number of anilines is 4. The number of nitriles is 1. The first kappa shape index (κ1) is 18.8. The van der Waals surface area contributed by atoms with Crippen LogP contribution in [0.5, 0.6) is 0 Å².